The summed E-state index contributed by atoms with van der Waals surface area (Å²) in [4.78, 5) is 0.0499. The fraction of sp³-hybridized carbons (Fsp3) is 0.0800. The van der Waals surface area contributed by atoms with E-state index in [9.17, 15) is 8.42 Å². The molecule has 0 amide bonds. The largest absolute Gasteiger partial charge is 0.496 e. The number of aryl methyl sites for hydroxylation is 1. The van der Waals surface area contributed by atoms with Gasteiger partial charge in [0.1, 0.15) is 16.4 Å². The van der Waals surface area contributed by atoms with Gasteiger partial charge in [-0.2, -0.15) is 8.42 Å². The first kappa shape index (κ1) is 20.6. The van der Waals surface area contributed by atoms with Crippen molar-refractivity contribution in [2.24, 2.45) is 5.16 Å². The predicted octanol–water partition coefficient (Wildman–Crippen LogP) is 5.31. The summed E-state index contributed by atoms with van der Waals surface area (Å²) in [6.07, 6.45) is 0. The topological polar surface area (TPSA) is 65.0 Å². The fourth-order valence-corrected chi connectivity index (χ4v) is 4.07. The minimum absolute atomic E-state index is 0.0499. The molecule has 0 N–H and O–H groups in total. The molecule has 0 spiro atoms. The molecule has 4 rings (SSSR count). The first-order valence-corrected chi connectivity index (χ1v) is 11.1. The SMILES string of the molecule is COc1ccc(/C(=N/OS(=O)(=O)c2ccc(C)cc2)c2ccccc2)c2ccccc12. The van der Waals surface area contributed by atoms with Crippen LogP contribution in [0.2, 0.25) is 0 Å². The van der Waals surface area contributed by atoms with Crippen LogP contribution in [0.3, 0.4) is 0 Å². The summed E-state index contributed by atoms with van der Waals surface area (Å²) >= 11 is 0. The van der Waals surface area contributed by atoms with Crippen LogP contribution in [0.4, 0.5) is 0 Å². The second kappa shape index (κ2) is 8.62. The summed E-state index contributed by atoms with van der Waals surface area (Å²) in [6, 6.07) is 27.2. The molecule has 0 aliphatic rings. The van der Waals surface area contributed by atoms with E-state index in [1.54, 1.807) is 19.2 Å². The van der Waals surface area contributed by atoms with Gasteiger partial charge in [-0.3, -0.25) is 4.28 Å². The van der Waals surface area contributed by atoms with Gasteiger partial charge in [0.2, 0.25) is 0 Å². The number of nitrogens with zero attached hydrogens (tertiary/aromatic N) is 1. The van der Waals surface area contributed by atoms with Crippen LogP contribution in [0.1, 0.15) is 16.7 Å². The van der Waals surface area contributed by atoms with E-state index in [2.05, 4.69) is 5.16 Å². The van der Waals surface area contributed by atoms with Crippen molar-refractivity contribution in [2.75, 3.05) is 7.11 Å². The van der Waals surface area contributed by atoms with E-state index in [0.29, 0.717) is 5.71 Å². The molecule has 0 saturated heterocycles. The van der Waals surface area contributed by atoms with Crippen LogP contribution in [-0.2, 0) is 14.4 Å². The lowest BCUT2D eigenvalue weighted by Gasteiger charge is -2.13. The number of hydrogen-bond donors (Lipinski definition) is 0. The van der Waals surface area contributed by atoms with Crippen LogP contribution >= 0.6 is 0 Å². The molecule has 6 heteroatoms. The highest BCUT2D eigenvalue weighted by Gasteiger charge is 2.19. The highest BCUT2D eigenvalue weighted by molar-refractivity contribution is 7.86. The molecule has 0 heterocycles. The minimum atomic E-state index is -4.07. The molecule has 0 aromatic heterocycles. The number of fused-ring (bicyclic) bond motifs is 1. The number of hydrogen-bond acceptors (Lipinski definition) is 5. The second-order valence-corrected chi connectivity index (χ2v) is 8.54. The summed E-state index contributed by atoms with van der Waals surface area (Å²) in [5, 5.41) is 5.90. The van der Waals surface area contributed by atoms with Gasteiger partial charge in [-0.25, -0.2) is 0 Å². The zero-order valence-electron chi connectivity index (χ0n) is 17.1. The quantitative estimate of drug-likeness (QED) is 0.306. The molecule has 0 fully saturated rings. The van der Waals surface area contributed by atoms with E-state index in [4.69, 9.17) is 9.02 Å². The van der Waals surface area contributed by atoms with Gasteiger partial charge in [0.15, 0.2) is 0 Å². The maximum absolute atomic E-state index is 12.7. The average molecular weight is 432 g/mol. The van der Waals surface area contributed by atoms with E-state index in [1.165, 1.54) is 12.1 Å². The number of methoxy groups -OCH3 is 1. The van der Waals surface area contributed by atoms with E-state index >= 15 is 0 Å². The highest BCUT2D eigenvalue weighted by atomic mass is 32.2. The van der Waals surface area contributed by atoms with Crippen LogP contribution in [0, 0.1) is 6.92 Å². The fourth-order valence-electron chi connectivity index (χ4n) is 3.34. The highest BCUT2D eigenvalue weighted by Crippen LogP contribution is 2.30. The van der Waals surface area contributed by atoms with Gasteiger partial charge in [0.05, 0.1) is 7.11 Å². The molecular weight excluding hydrogens is 410 g/mol. The first-order chi connectivity index (χ1) is 15.0. The van der Waals surface area contributed by atoms with Crippen molar-refractivity contribution in [2.45, 2.75) is 11.8 Å². The van der Waals surface area contributed by atoms with Crippen LogP contribution in [-0.4, -0.2) is 21.2 Å². The molecule has 4 aromatic rings. The molecule has 0 radical (unpaired) electrons. The Kier molecular flexibility index (Phi) is 5.73. The van der Waals surface area contributed by atoms with Crippen molar-refractivity contribution in [3.05, 3.63) is 108 Å². The lowest BCUT2D eigenvalue weighted by atomic mass is 9.96. The molecule has 0 aliphatic carbocycles. The van der Waals surface area contributed by atoms with Crippen LogP contribution < -0.4 is 4.74 Å². The molecule has 0 saturated carbocycles. The van der Waals surface area contributed by atoms with Crippen LogP contribution in [0.15, 0.2) is 101 Å². The molecule has 5 nitrogen and oxygen atoms in total. The van der Waals surface area contributed by atoms with Gasteiger partial charge < -0.3 is 4.74 Å². The lowest BCUT2D eigenvalue weighted by molar-refractivity contribution is 0.339. The number of oxime groups is 1. The molecule has 156 valence electrons. The molecule has 0 aliphatic heterocycles. The van der Waals surface area contributed by atoms with Crippen molar-refractivity contribution < 1.29 is 17.4 Å². The molecule has 0 unspecified atom stereocenters. The van der Waals surface area contributed by atoms with Crippen molar-refractivity contribution in [1.82, 2.24) is 0 Å². The Morgan fingerprint density at radius 1 is 0.774 bits per heavy atom. The minimum Gasteiger partial charge on any atom is -0.496 e. The van der Waals surface area contributed by atoms with Crippen LogP contribution in [0.5, 0.6) is 5.75 Å². The predicted molar refractivity (Wildman–Crippen MR) is 122 cm³/mol. The summed E-state index contributed by atoms with van der Waals surface area (Å²) in [5.74, 6) is 0.722. The second-order valence-electron chi connectivity index (χ2n) is 7.01. The Bertz CT molecular complexity index is 1350. The summed E-state index contributed by atoms with van der Waals surface area (Å²) in [6.45, 7) is 1.89. The number of benzene rings is 4. The summed E-state index contributed by atoms with van der Waals surface area (Å²) < 4.78 is 36.1. The smallest absolute Gasteiger partial charge is 0.358 e. The van der Waals surface area contributed by atoms with Gasteiger partial charge in [-0.15, -0.1) is 0 Å². The van der Waals surface area contributed by atoms with Gasteiger partial charge in [0.25, 0.3) is 0 Å². The average Bonchev–Trinajstić information content (AvgIpc) is 2.80. The van der Waals surface area contributed by atoms with Crippen molar-refractivity contribution in [3.63, 3.8) is 0 Å². The Morgan fingerprint density at radius 2 is 1.42 bits per heavy atom. The maximum Gasteiger partial charge on any atom is 0.358 e. The normalized spacial score (nSPS) is 12.0. The van der Waals surface area contributed by atoms with Gasteiger partial charge in [-0.1, -0.05) is 77.4 Å². The molecule has 0 bridgehead atoms. The van der Waals surface area contributed by atoms with Crippen molar-refractivity contribution in [1.29, 1.82) is 0 Å². The summed E-state index contributed by atoms with van der Waals surface area (Å²) in [7, 11) is -2.45. The number of ether oxygens (including phenoxy) is 1. The first-order valence-electron chi connectivity index (χ1n) is 9.69. The Morgan fingerprint density at radius 3 is 2.10 bits per heavy atom. The Balaban J connectivity index is 1.85. The van der Waals surface area contributed by atoms with Gasteiger partial charge in [0, 0.05) is 16.5 Å². The lowest BCUT2D eigenvalue weighted by Crippen LogP contribution is -2.09. The summed E-state index contributed by atoms with van der Waals surface area (Å²) in [5.41, 5.74) is 2.84. The number of rotatable bonds is 6. The van der Waals surface area contributed by atoms with E-state index in [1.807, 2.05) is 73.7 Å². The molecule has 0 atom stereocenters. The zero-order valence-corrected chi connectivity index (χ0v) is 18.0. The standard InChI is InChI=1S/C25H21NO4S/c1-18-12-14-20(15-13-18)31(27,28)30-26-25(19-8-4-3-5-9-19)23-16-17-24(29-2)22-11-7-6-10-21(22)23/h3-17H,1-2H3/b26-25+. The maximum atomic E-state index is 12.7. The third-order valence-electron chi connectivity index (χ3n) is 4.94. The van der Waals surface area contributed by atoms with Gasteiger partial charge in [-0.05, 0) is 36.6 Å². The van der Waals surface area contributed by atoms with Crippen molar-refractivity contribution in [3.8, 4) is 5.75 Å². The Labute approximate surface area is 181 Å². The van der Waals surface area contributed by atoms with Crippen LogP contribution in [0.25, 0.3) is 10.8 Å². The zero-order chi connectivity index (χ0) is 21.8. The van der Waals surface area contributed by atoms with Crippen molar-refractivity contribution >= 4 is 26.6 Å². The third-order valence-corrected chi connectivity index (χ3v) is 6.06. The van der Waals surface area contributed by atoms with E-state index in [-0.39, 0.29) is 4.90 Å². The molecule has 4 aromatic carbocycles. The van der Waals surface area contributed by atoms with E-state index in [0.717, 1.165) is 33.2 Å². The molecule has 31 heavy (non-hydrogen) atoms. The monoisotopic (exact) mass is 431 g/mol. The molecular formula is C25H21NO4S. The van der Waals surface area contributed by atoms with E-state index < -0.39 is 10.1 Å². The van der Waals surface area contributed by atoms with Gasteiger partial charge >= 0.3 is 10.1 Å². The third kappa shape index (κ3) is 4.29. The Hall–Kier alpha value is -3.64.